The van der Waals surface area contributed by atoms with Gasteiger partial charge in [0.15, 0.2) is 0 Å². The van der Waals surface area contributed by atoms with Gasteiger partial charge in [-0.3, -0.25) is 0 Å². The zero-order valence-corrected chi connectivity index (χ0v) is 11.6. The Labute approximate surface area is 108 Å². The van der Waals surface area contributed by atoms with E-state index in [1.807, 2.05) is 13.8 Å². The molecule has 0 aliphatic heterocycles. The average Bonchev–Trinajstić information content (AvgIpc) is 2.37. The van der Waals surface area contributed by atoms with E-state index in [1.54, 1.807) is 19.1 Å². The van der Waals surface area contributed by atoms with Crippen LogP contribution in [0.15, 0.2) is 34.3 Å². The third kappa shape index (κ3) is 4.03. The number of nitrogens with zero attached hydrogens (tertiary/aromatic N) is 1. The molecule has 1 aromatic carbocycles. The summed E-state index contributed by atoms with van der Waals surface area (Å²) in [5.41, 5.74) is 0.726. The lowest BCUT2D eigenvalue weighted by atomic mass is 10.3. The fourth-order valence-electron chi connectivity index (χ4n) is 1.15. The van der Waals surface area contributed by atoms with E-state index in [0.29, 0.717) is 18.8 Å². The van der Waals surface area contributed by atoms with E-state index in [1.165, 1.54) is 12.1 Å². The van der Waals surface area contributed by atoms with Crippen LogP contribution in [0, 0.1) is 0 Å². The Morgan fingerprint density at radius 3 is 2.39 bits per heavy atom. The fourth-order valence-corrected chi connectivity index (χ4v) is 2.03. The van der Waals surface area contributed by atoms with Gasteiger partial charge in [0, 0.05) is 5.71 Å². The maximum Gasteiger partial charge on any atom is 0.276 e. The van der Waals surface area contributed by atoms with Crippen LogP contribution in [0.1, 0.15) is 27.2 Å². The minimum absolute atomic E-state index is 0.165. The number of nitrogens with one attached hydrogen (secondary N) is 1. The number of hydrogen-bond donors (Lipinski definition) is 1. The topological polar surface area (TPSA) is 67.8 Å². The largest absolute Gasteiger partial charge is 0.494 e. The van der Waals surface area contributed by atoms with Crippen molar-refractivity contribution in [3.05, 3.63) is 24.3 Å². The van der Waals surface area contributed by atoms with Gasteiger partial charge < -0.3 is 4.74 Å². The molecule has 1 aromatic rings. The summed E-state index contributed by atoms with van der Waals surface area (Å²) < 4.78 is 29.0. The highest BCUT2D eigenvalue weighted by Gasteiger charge is 2.12. The Hall–Kier alpha value is -1.56. The SMILES string of the molecule is CCOc1ccc(S(=O)(=O)N/N=C(/C)CC)cc1. The number of sulfonamides is 1. The number of rotatable bonds is 6. The molecule has 1 N–H and O–H groups in total. The highest BCUT2D eigenvalue weighted by Crippen LogP contribution is 2.15. The van der Waals surface area contributed by atoms with E-state index in [0.717, 1.165) is 5.71 Å². The second kappa shape index (κ2) is 6.39. The van der Waals surface area contributed by atoms with E-state index >= 15 is 0 Å². The molecule has 0 radical (unpaired) electrons. The van der Waals surface area contributed by atoms with Crippen LogP contribution in [0.3, 0.4) is 0 Å². The monoisotopic (exact) mass is 270 g/mol. The summed E-state index contributed by atoms with van der Waals surface area (Å²) in [6, 6.07) is 6.22. The lowest BCUT2D eigenvalue weighted by molar-refractivity contribution is 0.340. The zero-order chi connectivity index (χ0) is 13.6. The molecular weight excluding hydrogens is 252 g/mol. The summed E-state index contributed by atoms with van der Waals surface area (Å²) in [4.78, 5) is 2.36. The maximum absolute atomic E-state index is 11.9. The van der Waals surface area contributed by atoms with Gasteiger partial charge in [0.05, 0.1) is 11.5 Å². The molecule has 0 bridgehead atoms. The Bertz CT molecular complexity index is 507. The van der Waals surface area contributed by atoms with Gasteiger partial charge in [-0.2, -0.15) is 13.5 Å². The molecule has 5 nitrogen and oxygen atoms in total. The fraction of sp³-hybridized carbons (Fsp3) is 0.417. The first-order valence-electron chi connectivity index (χ1n) is 5.77. The first-order chi connectivity index (χ1) is 8.49. The van der Waals surface area contributed by atoms with Gasteiger partial charge in [-0.1, -0.05) is 6.92 Å². The van der Waals surface area contributed by atoms with Crippen molar-refractivity contribution in [2.24, 2.45) is 5.10 Å². The first-order valence-corrected chi connectivity index (χ1v) is 7.25. The number of ether oxygens (including phenoxy) is 1. The van der Waals surface area contributed by atoms with E-state index in [9.17, 15) is 8.42 Å². The molecule has 100 valence electrons. The lowest BCUT2D eigenvalue weighted by Gasteiger charge is -2.06. The predicted molar refractivity (Wildman–Crippen MR) is 71.3 cm³/mol. The van der Waals surface area contributed by atoms with Gasteiger partial charge >= 0.3 is 0 Å². The zero-order valence-electron chi connectivity index (χ0n) is 10.8. The summed E-state index contributed by atoms with van der Waals surface area (Å²) in [7, 11) is -3.59. The van der Waals surface area contributed by atoms with Crippen LogP contribution in [0.5, 0.6) is 5.75 Å². The van der Waals surface area contributed by atoms with Gasteiger partial charge in [0.1, 0.15) is 5.75 Å². The number of benzene rings is 1. The van der Waals surface area contributed by atoms with Crippen molar-refractivity contribution in [2.45, 2.75) is 32.1 Å². The minimum Gasteiger partial charge on any atom is -0.494 e. The van der Waals surface area contributed by atoms with Crippen LogP contribution in [-0.4, -0.2) is 20.7 Å². The van der Waals surface area contributed by atoms with Crippen molar-refractivity contribution in [1.82, 2.24) is 4.83 Å². The van der Waals surface area contributed by atoms with Gasteiger partial charge in [-0.15, -0.1) is 0 Å². The summed E-state index contributed by atoms with van der Waals surface area (Å²) in [6.07, 6.45) is 0.700. The molecule has 0 atom stereocenters. The summed E-state index contributed by atoms with van der Waals surface area (Å²) in [6.45, 7) is 6.09. The first kappa shape index (κ1) is 14.5. The maximum atomic E-state index is 11.9. The Kier molecular flexibility index (Phi) is 5.15. The molecule has 0 aliphatic rings. The molecule has 0 fully saturated rings. The van der Waals surface area contributed by atoms with Crippen LogP contribution in [0.2, 0.25) is 0 Å². The van der Waals surface area contributed by atoms with Gasteiger partial charge in [-0.25, -0.2) is 4.83 Å². The molecule has 0 aromatic heterocycles. The summed E-state index contributed by atoms with van der Waals surface area (Å²) in [5.74, 6) is 0.643. The van der Waals surface area contributed by atoms with Gasteiger partial charge in [0.25, 0.3) is 10.0 Å². The molecule has 0 saturated carbocycles. The minimum atomic E-state index is -3.59. The van der Waals surface area contributed by atoms with Crippen LogP contribution in [-0.2, 0) is 10.0 Å². The summed E-state index contributed by atoms with van der Waals surface area (Å²) >= 11 is 0. The smallest absolute Gasteiger partial charge is 0.276 e. The Morgan fingerprint density at radius 2 is 1.89 bits per heavy atom. The van der Waals surface area contributed by atoms with Gasteiger partial charge in [0.2, 0.25) is 0 Å². The predicted octanol–water partition coefficient (Wildman–Crippen LogP) is 2.15. The normalized spacial score (nSPS) is 12.3. The van der Waals surface area contributed by atoms with E-state index < -0.39 is 10.0 Å². The molecule has 0 amide bonds. The van der Waals surface area contributed by atoms with Crippen molar-refractivity contribution in [1.29, 1.82) is 0 Å². The molecule has 6 heteroatoms. The third-order valence-electron chi connectivity index (χ3n) is 2.31. The Balaban J connectivity index is 2.85. The van der Waals surface area contributed by atoms with Crippen molar-refractivity contribution >= 4 is 15.7 Å². The molecule has 1 rings (SSSR count). The van der Waals surface area contributed by atoms with Crippen LogP contribution in [0.25, 0.3) is 0 Å². The van der Waals surface area contributed by atoms with Crippen LogP contribution in [0.4, 0.5) is 0 Å². The van der Waals surface area contributed by atoms with Crippen molar-refractivity contribution in [2.75, 3.05) is 6.61 Å². The summed E-state index contributed by atoms with van der Waals surface area (Å²) in [5, 5.41) is 3.80. The van der Waals surface area contributed by atoms with Crippen LogP contribution >= 0.6 is 0 Å². The van der Waals surface area contributed by atoms with Crippen molar-refractivity contribution < 1.29 is 13.2 Å². The molecule has 0 unspecified atom stereocenters. The third-order valence-corrected chi connectivity index (χ3v) is 3.54. The van der Waals surface area contributed by atoms with E-state index in [2.05, 4.69) is 9.93 Å². The average molecular weight is 270 g/mol. The second-order valence-electron chi connectivity index (χ2n) is 3.70. The highest BCUT2D eigenvalue weighted by atomic mass is 32.2. The number of hydrazone groups is 1. The number of hydrogen-bond acceptors (Lipinski definition) is 4. The van der Waals surface area contributed by atoms with Crippen molar-refractivity contribution in [3.8, 4) is 5.75 Å². The lowest BCUT2D eigenvalue weighted by Crippen LogP contribution is -2.19. The molecule has 0 spiro atoms. The van der Waals surface area contributed by atoms with E-state index in [-0.39, 0.29) is 4.90 Å². The molecule has 0 aliphatic carbocycles. The van der Waals surface area contributed by atoms with Crippen molar-refractivity contribution in [3.63, 3.8) is 0 Å². The Morgan fingerprint density at radius 1 is 1.28 bits per heavy atom. The standard InChI is InChI=1S/C12H18N2O3S/c1-4-10(3)13-14-18(15,16)12-8-6-11(7-9-12)17-5-2/h6-9,14H,4-5H2,1-3H3/b13-10-. The molecule has 18 heavy (non-hydrogen) atoms. The molecule has 0 heterocycles. The van der Waals surface area contributed by atoms with Gasteiger partial charge in [-0.05, 0) is 44.5 Å². The second-order valence-corrected chi connectivity index (χ2v) is 5.36. The quantitative estimate of drug-likeness (QED) is 0.636. The molecular formula is C12H18N2O3S. The highest BCUT2D eigenvalue weighted by molar-refractivity contribution is 7.89. The van der Waals surface area contributed by atoms with E-state index in [4.69, 9.17) is 4.74 Å². The van der Waals surface area contributed by atoms with Crippen LogP contribution < -0.4 is 9.57 Å². The molecule has 0 saturated heterocycles.